The van der Waals surface area contributed by atoms with E-state index in [2.05, 4.69) is 10.2 Å². The molecule has 28 heavy (non-hydrogen) atoms. The number of amides is 4. The molecule has 1 aromatic carbocycles. The summed E-state index contributed by atoms with van der Waals surface area (Å²) in [5, 5.41) is 2.21. The molecule has 0 radical (unpaired) electrons. The van der Waals surface area contributed by atoms with Crippen LogP contribution in [0.15, 0.2) is 18.2 Å². The molecule has 1 N–H and O–H groups in total. The molecule has 3 aliphatic heterocycles. The van der Waals surface area contributed by atoms with Crippen molar-refractivity contribution in [3.05, 3.63) is 29.3 Å². The maximum atomic E-state index is 12.9. The van der Waals surface area contributed by atoms with Crippen LogP contribution in [0.4, 0.5) is 5.69 Å². The number of carbonyl (C=O) groups is 4. The number of imide groups is 2. The first-order valence-corrected chi connectivity index (χ1v) is 9.59. The highest BCUT2D eigenvalue weighted by atomic mass is 16.5. The van der Waals surface area contributed by atoms with Gasteiger partial charge in [-0.05, 0) is 43.4 Å². The van der Waals surface area contributed by atoms with Gasteiger partial charge in [-0.15, -0.1) is 0 Å². The van der Waals surface area contributed by atoms with E-state index < -0.39 is 23.8 Å². The van der Waals surface area contributed by atoms with Gasteiger partial charge in [0.15, 0.2) is 0 Å². The van der Waals surface area contributed by atoms with Crippen LogP contribution in [0.5, 0.6) is 0 Å². The van der Waals surface area contributed by atoms with Crippen LogP contribution < -0.4 is 10.2 Å². The lowest BCUT2D eigenvalue weighted by molar-refractivity contribution is -0.136. The second kappa shape index (κ2) is 7.35. The molecule has 2 saturated heterocycles. The van der Waals surface area contributed by atoms with Crippen molar-refractivity contribution in [1.29, 1.82) is 0 Å². The summed E-state index contributed by atoms with van der Waals surface area (Å²) >= 11 is 0. The number of piperidine rings is 2. The quantitative estimate of drug-likeness (QED) is 0.776. The number of nitrogens with zero attached hydrogens (tertiary/aromatic N) is 2. The zero-order valence-corrected chi connectivity index (χ0v) is 15.8. The zero-order chi connectivity index (χ0) is 19.8. The van der Waals surface area contributed by atoms with Gasteiger partial charge in [0.1, 0.15) is 6.04 Å². The molecule has 2 fully saturated rings. The third-order valence-electron chi connectivity index (χ3n) is 5.81. The molecule has 0 aromatic heterocycles. The number of hydrogen-bond acceptors (Lipinski definition) is 6. The van der Waals surface area contributed by atoms with Crippen LogP contribution in [0.1, 0.15) is 46.4 Å². The molecule has 0 saturated carbocycles. The number of rotatable bonds is 4. The summed E-state index contributed by atoms with van der Waals surface area (Å²) in [7, 11) is 1.71. The Morgan fingerprint density at radius 2 is 1.75 bits per heavy atom. The fourth-order valence-electron chi connectivity index (χ4n) is 4.25. The maximum absolute atomic E-state index is 12.9. The first-order valence-electron chi connectivity index (χ1n) is 9.59. The predicted octanol–water partition coefficient (Wildman–Crippen LogP) is 0.951. The monoisotopic (exact) mass is 385 g/mol. The number of benzene rings is 1. The standard InChI is InChI=1S/C20H23N3O5/c1-28-11-12-6-8-22(9-7-12)13-2-3-14-15(10-13)20(27)23(19(14)26)16-4-5-17(24)21-18(16)25/h2-3,10,12,16H,4-9,11H2,1H3,(H,21,24,25). The largest absolute Gasteiger partial charge is 0.384 e. The van der Waals surface area contributed by atoms with Gasteiger partial charge in [0, 0.05) is 38.9 Å². The third-order valence-corrected chi connectivity index (χ3v) is 5.81. The number of ether oxygens (including phenoxy) is 1. The lowest BCUT2D eigenvalue weighted by atomic mass is 9.97. The SMILES string of the molecule is COCC1CCN(c2ccc3c(c2)C(=O)N(C2CCC(=O)NC2=O)C3=O)CC1. The smallest absolute Gasteiger partial charge is 0.262 e. The maximum Gasteiger partial charge on any atom is 0.262 e. The Morgan fingerprint density at radius 3 is 2.43 bits per heavy atom. The van der Waals surface area contributed by atoms with Gasteiger partial charge in [-0.1, -0.05) is 0 Å². The highest BCUT2D eigenvalue weighted by Crippen LogP contribution is 2.32. The van der Waals surface area contributed by atoms with Crippen LogP contribution in [0.3, 0.4) is 0 Å². The molecule has 8 nitrogen and oxygen atoms in total. The molecular formula is C20H23N3O5. The van der Waals surface area contributed by atoms with Gasteiger partial charge in [-0.25, -0.2) is 0 Å². The normalized spacial score (nSPS) is 23.2. The first kappa shape index (κ1) is 18.6. The van der Waals surface area contributed by atoms with Gasteiger partial charge in [-0.2, -0.15) is 0 Å². The minimum Gasteiger partial charge on any atom is -0.384 e. The van der Waals surface area contributed by atoms with Crippen molar-refractivity contribution in [2.24, 2.45) is 5.92 Å². The molecule has 3 aliphatic rings. The number of hydrogen-bond donors (Lipinski definition) is 1. The molecule has 3 heterocycles. The Balaban J connectivity index is 1.53. The van der Waals surface area contributed by atoms with Crippen LogP contribution in [0.2, 0.25) is 0 Å². The zero-order valence-electron chi connectivity index (χ0n) is 15.8. The number of methoxy groups -OCH3 is 1. The van der Waals surface area contributed by atoms with Crippen molar-refractivity contribution < 1.29 is 23.9 Å². The summed E-state index contributed by atoms with van der Waals surface area (Å²) in [4.78, 5) is 52.4. The van der Waals surface area contributed by atoms with Gasteiger partial charge in [0.05, 0.1) is 11.1 Å². The number of anilines is 1. The summed E-state index contributed by atoms with van der Waals surface area (Å²) in [5.74, 6) is -1.37. The minimum absolute atomic E-state index is 0.117. The Morgan fingerprint density at radius 1 is 1.04 bits per heavy atom. The van der Waals surface area contributed by atoms with Crippen molar-refractivity contribution in [2.45, 2.75) is 31.7 Å². The molecular weight excluding hydrogens is 362 g/mol. The summed E-state index contributed by atoms with van der Waals surface area (Å²) in [6, 6.07) is 4.34. The van der Waals surface area contributed by atoms with E-state index in [4.69, 9.17) is 4.74 Å². The second-order valence-corrected chi connectivity index (χ2v) is 7.56. The molecule has 148 valence electrons. The van der Waals surface area contributed by atoms with E-state index in [0.29, 0.717) is 17.0 Å². The van der Waals surface area contributed by atoms with E-state index in [1.165, 1.54) is 0 Å². The Hall–Kier alpha value is -2.74. The molecule has 0 aliphatic carbocycles. The topological polar surface area (TPSA) is 96.0 Å². The van der Waals surface area contributed by atoms with Crippen LogP contribution in [-0.2, 0) is 14.3 Å². The van der Waals surface area contributed by atoms with Gasteiger partial charge in [-0.3, -0.25) is 29.4 Å². The molecule has 1 unspecified atom stereocenters. The molecule has 0 bridgehead atoms. The predicted molar refractivity (Wildman–Crippen MR) is 99.9 cm³/mol. The van der Waals surface area contributed by atoms with Crippen molar-refractivity contribution in [1.82, 2.24) is 10.2 Å². The van der Waals surface area contributed by atoms with Crippen LogP contribution in [0, 0.1) is 5.92 Å². The number of carbonyl (C=O) groups excluding carboxylic acids is 4. The van der Waals surface area contributed by atoms with Gasteiger partial charge >= 0.3 is 0 Å². The lowest BCUT2D eigenvalue weighted by Gasteiger charge is -2.33. The molecule has 4 rings (SSSR count). The van der Waals surface area contributed by atoms with Crippen molar-refractivity contribution in [2.75, 3.05) is 31.7 Å². The lowest BCUT2D eigenvalue weighted by Crippen LogP contribution is -2.54. The van der Waals surface area contributed by atoms with E-state index in [0.717, 1.165) is 43.1 Å². The van der Waals surface area contributed by atoms with E-state index in [1.54, 1.807) is 19.2 Å². The van der Waals surface area contributed by atoms with Crippen molar-refractivity contribution >= 4 is 29.3 Å². The van der Waals surface area contributed by atoms with Gasteiger partial charge < -0.3 is 9.64 Å². The highest BCUT2D eigenvalue weighted by Gasteiger charge is 2.44. The van der Waals surface area contributed by atoms with Crippen LogP contribution >= 0.6 is 0 Å². The molecule has 8 heteroatoms. The van der Waals surface area contributed by atoms with Crippen molar-refractivity contribution in [3.8, 4) is 0 Å². The van der Waals surface area contributed by atoms with Crippen LogP contribution in [0.25, 0.3) is 0 Å². The fourth-order valence-corrected chi connectivity index (χ4v) is 4.25. The average Bonchev–Trinajstić information content (AvgIpc) is 2.93. The molecule has 1 atom stereocenters. The van der Waals surface area contributed by atoms with E-state index in [9.17, 15) is 19.2 Å². The minimum atomic E-state index is -0.932. The number of nitrogens with one attached hydrogen (secondary N) is 1. The highest BCUT2D eigenvalue weighted by molar-refractivity contribution is 6.23. The van der Waals surface area contributed by atoms with Gasteiger partial charge in [0.2, 0.25) is 11.8 Å². The van der Waals surface area contributed by atoms with Gasteiger partial charge in [0.25, 0.3) is 11.8 Å². The van der Waals surface area contributed by atoms with E-state index in [-0.39, 0.29) is 18.7 Å². The van der Waals surface area contributed by atoms with E-state index in [1.807, 2.05) is 6.07 Å². The van der Waals surface area contributed by atoms with Crippen molar-refractivity contribution in [3.63, 3.8) is 0 Å². The summed E-state index contributed by atoms with van der Waals surface area (Å²) in [6.45, 7) is 2.49. The molecule has 4 amide bonds. The molecule has 0 spiro atoms. The summed E-state index contributed by atoms with van der Waals surface area (Å²) in [6.07, 6.45) is 2.31. The third kappa shape index (κ3) is 3.17. The average molecular weight is 385 g/mol. The summed E-state index contributed by atoms with van der Waals surface area (Å²) in [5.41, 5.74) is 1.54. The Bertz CT molecular complexity index is 844. The van der Waals surface area contributed by atoms with Crippen LogP contribution in [-0.4, -0.2) is 61.4 Å². The second-order valence-electron chi connectivity index (χ2n) is 7.56. The van der Waals surface area contributed by atoms with E-state index >= 15 is 0 Å². The first-order chi connectivity index (χ1) is 13.5. The summed E-state index contributed by atoms with van der Waals surface area (Å²) < 4.78 is 5.23. The Labute approximate surface area is 162 Å². The molecule has 1 aromatic rings. The fraction of sp³-hybridized carbons (Fsp3) is 0.500. The Kier molecular flexibility index (Phi) is 4.89. The number of fused-ring (bicyclic) bond motifs is 1.